The molecule has 10 nitrogen and oxygen atoms in total. The number of carbonyl (C=O) groups is 1. The number of benzene rings is 1. The van der Waals surface area contributed by atoms with Crippen LogP contribution in [0.5, 0.6) is 11.8 Å². The molecule has 0 unspecified atom stereocenters. The van der Waals surface area contributed by atoms with Gasteiger partial charge in [0.25, 0.3) is 11.5 Å². The minimum Gasteiger partial charge on any atom is -0.425 e. The number of piperazine rings is 1. The van der Waals surface area contributed by atoms with Crippen LogP contribution < -0.4 is 26.2 Å². The molecule has 1 aliphatic rings. The lowest BCUT2D eigenvalue weighted by atomic mass is 10.2. The van der Waals surface area contributed by atoms with Crippen molar-refractivity contribution in [3.8, 4) is 23.6 Å². The summed E-state index contributed by atoms with van der Waals surface area (Å²) in [5.74, 6) is 6.12. The molecule has 2 aromatic heterocycles. The Labute approximate surface area is 178 Å². The van der Waals surface area contributed by atoms with Crippen LogP contribution in [0.3, 0.4) is 0 Å². The van der Waals surface area contributed by atoms with Crippen molar-refractivity contribution in [2.24, 2.45) is 12.8 Å². The average Bonchev–Trinajstić information content (AvgIpc) is 3.15. The summed E-state index contributed by atoms with van der Waals surface area (Å²) >= 11 is 0. The quantitative estimate of drug-likeness (QED) is 0.574. The number of fused-ring (bicyclic) bond motifs is 1. The molecule has 0 atom stereocenters. The summed E-state index contributed by atoms with van der Waals surface area (Å²) in [6.07, 6.45) is 0. The van der Waals surface area contributed by atoms with Crippen molar-refractivity contribution in [1.29, 1.82) is 0 Å². The number of rotatable bonds is 5. The fourth-order valence-corrected chi connectivity index (χ4v) is 3.49. The Kier molecular flexibility index (Phi) is 5.60. The Morgan fingerprint density at radius 2 is 2.00 bits per heavy atom. The van der Waals surface area contributed by atoms with Crippen molar-refractivity contribution < 1.29 is 9.53 Å². The topological polar surface area (TPSA) is 120 Å². The Morgan fingerprint density at radius 3 is 2.71 bits per heavy atom. The highest BCUT2D eigenvalue weighted by atomic mass is 16.5. The lowest BCUT2D eigenvalue weighted by Gasteiger charge is -2.28. The van der Waals surface area contributed by atoms with Crippen LogP contribution >= 0.6 is 0 Å². The fourth-order valence-electron chi connectivity index (χ4n) is 3.49. The molecule has 0 bridgehead atoms. The number of carbonyl (C=O) groups excluding carboxylic acids is 1. The number of nitrogens with zero attached hydrogens (tertiary/aromatic N) is 5. The number of nitrogens with one attached hydrogen (secondary N) is 1. The van der Waals surface area contributed by atoms with Crippen molar-refractivity contribution in [3.63, 3.8) is 0 Å². The van der Waals surface area contributed by atoms with E-state index < -0.39 is 5.91 Å². The molecule has 3 aromatic rings. The lowest BCUT2D eigenvalue weighted by molar-refractivity contribution is 0.0998. The van der Waals surface area contributed by atoms with Crippen molar-refractivity contribution in [1.82, 2.24) is 24.4 Å². The second-order valence-corrected chi connectivity index (χ2v) is 7.06. The maximum Gasteiger partial charge on any atom is 0.306 e. The Morgan fingerprint density at radius 1 is 1.26 bits per heavy atom. The molecule has 1 aliphatic heterocycles. The van der Waals surface area contributed by atoms with Gasteiger partial charge >= 0.3 is 6.01 Å². The van der Waals surface area contributed by atoms with Crippen LogP contribution in [0, 0.1) is 11.8 Å². The van der Waals surface area contributed by atoms with Crippen molar-refractivity contribution in [3.05, 3.63) is 40.2 Å². The van der Waals surface area contributed by atoms with E-state index in [9.17, 15) is 9.59 Å². The largest absolute Gasteiger partial charge is 0.425 e. The maximum absolute atomic E-state index is 13.2. The van der Waals surface area contributed by atoms with Gasteiger partial charge in [0, 0.05) is 33.2 Å². The molecule has 4 rings (SSSR count). The molecule has 3 heterocycles. The zero-order chi connectivity index (χ0) is 22.0. The summed E-state index contributed by atoms with van der Waals surface area (Å²) < 4.78 is 8.91. The second-order valence-electron chi connectivity index (χ2n) is 7.06. The van der Waals surface area contributed by atoms with E-state index in [1.165, 1.54) is 4.57 Å². The molecule has 31 heavy (non-hydrogen) atoms. The zero-order valence-electron chi connectivity index (χ0n) is 17.4. The highest BCUT2D eigenvalue weighted by molar-refractivity contribution is 5.95. The first-order valence-corrected chi connectivity index (χ1v) is 9.90. The number of imidazole rings is 1. The first kappa shape index (κ1) is 20.4. The summed E-state index contributed by atoms with van der Waals surface area (Å²) in [5.41, 5.74) is 5.93. The van der Waals surface area contributed by atoms with E-state index in [0.29, 0.717) is 18.0 Å². The first-order valence-electron chi connectivity index (χ1n) is 9.90. The number of amides is 1. The van der Waals surface area contributed by atoms with Crippen LogP contribution in [-0.2, 0) is 13.6 Å². The minimum atomic E-state index is -0.634. The summed E-state index contributed by atoms with van der Waals surface area (Å²) in [6.45, 7) is 5.26. The Bertz CT molecular complexity index is 1260. The van der Waals surface area contributed by atoms with Crippen molar-refractivity contribution in [2.45, 2.75) is 13.5 Å². The van der Waals surface area contributed by atoms with Crippen LogP contribution in [-0.4, -0.2) is 51.2 Å². The van der Waals surface area contributed by atoms with Crippen LogP contribution in [0.15, 0.2) is 29.1 Å². The molecular weight excluding hydrogens is 398 g/mol. The van der Waals surface area contributed by atoms with Gasteiger partial charge < -0.3 is 20.7 Å². The highest BCUT2D eigenvalue weighted by Crippen LogP contribution is 2.25. The third-order valence-corrected chi connectivity index (χ3v) is 5.09. The molecular formula is C21H23N7O3. The molecule has 0 radical (unpaired) electrons. The van der Waals surface area contributed by atoms with Gasteiger partial charge in [-0.3, -0.25) is 18.7 Å². The summed E-state index contributed by atoms with van der Waals surface area (Å²) in [7, 11) is 1.56. The number of hydrogen-bond acceptors (Lipinski definition) is 7. The van der Waals surface area contributed by atoms with Gasteiger partial charge in [-0.05, 0) is 19.1 Å². The number of aromatic nitrogens is 4. The van der Waals surface area contributed by atoms with Gasteiger partial charge in [0.15, 0.2) is 11.2 Å². The third-order valence-electron chi connectivity index (χ3n) is 5.09. The van der Waals surface area contributed by atoms with Gasteiger partial charge in [-0.15, -0.1) is 5.92 Å². The van der Waals surface area contributed by atoms with Crippen LogP contribution in [0.25, 0.3) is 11.2 Å². The number of hydrogen-bond donors (Lipinski definition) is 2. The molecule has 1 saturated heterocycles. The molecule has 0 saturated carbocycles. The Hall–Kier alpha value is -3.84. The van der Waals surface area contributed by atoms with Gasteiger partial charge in [-0.25, -0.2) is 0 Å². The van der Waals surface area contributed by atoms with E-state index in [0.717, 1.165) is 26.2 Å². The maximum atomic E-state index is 13.2. The lowest BCUT2D eigenvalue weighted by Crippen LogP contribution is -2.44. The zero-order valence-corrected chi connectivity index (χ0v) is 17.4. The molecule has 1 aromatic carbocycles. The van der Waals surface area contributed by atoms with E-state index in [-0.39, 0.29) is 28.5 Å². The predicted molar refractivity (Wildman–Crippen MR) is 116 cm³/mol. The van der Waals surface area contributed by atoms with Gasteiger partial charge in [-0.1, -0.05) is 18.1 Å². The monoisotopic (exact) mass is 421 g/mol. The van der Waals surface area contributed by atoms with E-state index in [1.807, 2.05) is 0 Å². The van der Waals surface area contributed by atoms with Gasteiger partial charge in [0.2, 0.25) is 5.95 Å². The summed E-state index contributed by atoms with van der Waals surface area (Å²) in [5, 5.41) is 3.31. The highest BCUT2D eigenvalue weighted by Gasteiger charge is 2.24. The van der Waals surface area contributed by atoms with Gasteiger partial charge in [-0.2, -0.15) is 9.97 Å². The van der Waals surface area contributed by atoms with Crippen LogP contribution in [0.1, 0.15) is 17.3 Å². The first-order chi connectivity index (χ1) is 15.0. The van der Waals surface area contributed by atoms with E-state index in [2.05, 4.69) is 32.0 Å². The number of para-hydroxylation sites is 1. The van der Waals surface area contributed by atoms with Crippen LogP contribution in [0.2, 0.25) is 0 Å². The van der Waals surface area contributed by atoms with E-state index >= 15 is 0 Å². The third kappa shape index (κ3) is 3.83. The SMILES string of the molecule is CC#CCn1c(N2CCNCC2)nc2nc(Oc3ccccc3C(N)=O)n(C)c(=O)c21. The smallest absolute Gasteiger partial charge is 0.306 e. The predicted octanol–water partition coefficient (Wildman–Crippen LogP) is 0.454. The summed E-state index contributed by atoms with van der Waals surface area (Å²) in [4.78, 5) is 36.2. The molecule has 0 spiro atoms. The van der Waals surface area contributed by atoms with E-state index in [4.69, 9.17) is 10.5 Å². The minimum absolute atomic E-state index is 0.0179. The number of anilines is 1. The Balaban J connectivity index is 1.85. The average molecular weight is 421 g/mol. The van der Waals surface area contributed by atoms with Crippen molar-refractivity contribution >= 4 is 23.0 Å². The number of primary amides is 1. The number of nitrogens with two attached hydrogens (primary N) is 1. The molecule has 10 heteroatoms. The standard InChI is InChI=1S/C21H23N7O3/c1-3-4-11-28-16-18(24-20(28)27-12-9-23-10-13-27)25-21(26(2)19(16)30)31-15-8-6-5-7-14(15)17(22)29/h5-8,23H,9-13H2,1-2H3,(H2,22,29). The summed E-state index contributed by atoms with van der Waals surface area (Å²) in [6, 6.07) is 6.55. The fraction of sp³-hybridized carbons (Fsp3) is 0.333. The molecule has 3 N–H and O–H groups in total. The molecule has 1 amide bonds. The van der Waals surface area contributed by atoms with Gasteiger partial charge in [0.05, 0.1) is 12.1 Å². The van der Waals surface area contributed by atoms with Crippen molar-refractivity contribution in [2.75, 3.05) is 31.1 Å². The van der Waals surface area contributed by atoms with Gasteiger partial charge in [0.1, 0.15) is 5.75 Å². The van der Waals surface area contributed by atoms with Crippen LogP contribution in [0.4, 0.5) is 5.95 Å². The molecule has 1 fully saturated rings. The second kappa shape index (κ2) is 8.49. The van der Waals surface area contributed by atoms with E-state index in [1.54, 1.807) is 42.8 Å². The normalized spacial score (nSPS) is 13.7. The number of ether oxygens (including phenoxy) is 1. The molecule has 0 aliphatic carbocycles. The molecule has 160 valence electrons.